The van der Waals surface area contributed by atoms with E-state index in [-0.39, 0.29) is 30.9 Å². The first-order valence-corrected chi connectivity index (χ1v) is 6.85. The highest BCUT2D eigenvalue weighted by Crippen LogP contribution is 2.25. The topological polar surface area (TPSA) is 70.6 Å². The molecule has 0 saturated heterocycles. The summed E-state index contributed by atoms with van der Waals surface area (Å²) in [5.74, 6) is 2.03. The molecule has 116 valence electrons. The van der Waals surface area contributed by atoms with E-state index in [2.05, 4.69) is 16.6 Å². The third-order valence-electron chi connectivity index (χ3n) is 3.23. The van der Waals surface area contributed by atoms with Crippen molar-refractivity contribution in [3.05, 3.63) is 36.2 Å². The Bertz CT molecular complexity index is 610. The molecule has 1 aliphatic rings. The lowest BCUT2D eigenvalue weighted by atomic mass is 10.1. The maximum atomic E-state index is 13.2. The molecule has 0 saturated carbocycles. The molecule has 6 heteroatoms. The van der Waals surface area contributed by atoms with Gasteiger partial charge in [-0.2, -0.15) is 0 Å². The van der Waals surface area contributed by atoms with Crippen LogP contribution < -0.4 is 15.4 Å². The first kappa shape index (κ1) is 15.9. The number of rotatable bonds is 5. The summed E-state index contributed by atoms with van der Waals surface area (Å²) in [4.78, 5) is 12.0. The van der Waals surface area contributed by atoms with E-state index >= 15 is 0 Å². The molecule has 0 unspecified atom stereocenters. The van der Waals surface area contributed by atoms with Crippen molar-refractivity contribution in [1.29, 1.82) is 0 Å². The smallest absolute Gasteiger partial charge is 0.319 e. The summed E-state index contributed by atoms with van der Waals surface area (Å²) in [6.07, 6.45) is 9.45. The van der Waals surface area contributed by atoms with Crippen molar-refractivity contribution in [2.45, 2.75) is 12.5 Å². The van der Waals surface area contributed by atoms with Crippen molar-refractivity contribution in [3.63, 3.8) is 0 Å². The lowest BCUT2D eigenvalue weighted by molar-refractivity contribution is 0.238. The molecule has 0 fully saturated rings. The van der Waals surface area contributed by atoms with Crippen LogP contribution in [0.1, 0.15) is 6.42 Å². The Balaban J connectivity index is 1.96. The second-order valence-electron chi connectivity index (χ2n) is 4.90. The zero-order chi connectivity index (χ0) is 15.9. The Morgan fingerprint density at radius 3 is 3.00 bits per heavy atom. The fraction of sp³-hybridized carbons (Fsp3) is 0.312. The van der Waals surface area contributed by atoms with Crippen LogP contribution in [-0.4, -0.2) is 30.4 Å². The van der Waals surface area contributed by atoms with E-state index < -0.39 is 11.8 Å². The first-order chi connectivity index (χ1) is 10.6. The third-order valence-corrected chi connectivity index (χ3v) is 3.23. The van der Waals surface area contributed by atoms with Crippen molar-refractivity contribution >= 4 is 11.7 Å². The number of ether oxygens (including phenoxy) is 1. The Morgan fingerprint density at radius 2 is 2.32 bits per heavy atom. The van der Waals surface area contributed by atoms with Crippen LogP contribution in [0.15, 0.2) is 30.4 Å². The van der Waals surface area contributed by atoms with Crippen LogP contribution in [0.2, 0.25) is 0 Å². The third kappa shape index (κ3) is 4.24. The summed E-state index contributed by atoms with van der Waals surface area (Å²) in [7, 11) is 0. The summed E-state index contributed by atoms with van der Waals surface area (Å²) in [6.45, 7) is 0.0294. The number of amides is 2. The normalized spacial score (nSPS) is 19.5. The second kappa shape index (κ2) is 7.48. The predicted octanol–water partition coefficient (Wildman–Crippen LogP) is 1.90. The molecule has 0 aromatic heterocycles. The van der Waals surface area contributed by atoms with Crippen LogP contribution in [0.25, 0.3) is 0 Å². The molecular formula is C16H17FN2O3. The lowest BCUT2D eigenvalue weighted by Gasteiger charge is -2.15. The van der Waals surface area contributed by atoms with Gasteiger partial charge in [-0.15, -0.1) is 6.42 Å². The number of benzene rings is 1. The molecule has 0 bridgehead atoms. The molecule has 3 N–H and O–H groups in total. The zero-order valence-electron chi connectivity index (χ0n) is 11.9. The van der Waals surface area contributed by atoms with Crippen LogP contribution in [0, 0.1) is 24.1 Å². The quantitative estimate of drug-likeness (QED) is 0.575. The van der Waals surface area contributed by atoms with E-state index in [1.807, 2.05) is 12.2 Å². The molecule has 1 aromatic carbocycles. The van der Waals surface area contributed by atoms with Gasteiger partial charge in [-0.1, -0.05) is 18.1 Å². The van der Waals surface area contributed by atoms with Crippen LogP contribution in [0.3, 0.4) is 0 Å². The first-order valence-electron chi connectivity index (χ1n) is 6.85. The fourth-order valence-corrected chi connectivity index (χ4v) is 2.18. The highest BCUT2D eigenvalue weighted by atomic mass is 19.1. The van der Waals surface area contributed by atoms with Gasteiger partial charge in [0.2, 0.25) is 0 Å². The number of aliphatic hydroxyl groups is 1. The SMILES string of the molecule is C#CCOc1cc(F)ccc1NC(=O)N[C@@H]1C=C[C@H](CO)C1. The van der Waals surface area contributed by atoms with E-state index in [9.17, 15) is 9.18 Å². The van der Waals surface area contributed by atoms with E-state index in [1.54, 1.807) is 0 Å². The van der Waals surface area contributed by atoms with Crippen LogP contribution in [-0.2, 0) is 0 Å². The van der Waals surface area contributed by atoms with Crippen molar-refractivity contribution in [3.8, 4) is 18.1 Å². The van der Waals surface area contributed by atoms with Crippen LogP contribution >= 0.6 is 0 Å². The second-order valence-corrected chi connectivity index (χ2v) is 4.90. The molecule has 1 aromatic rings. The maximum Gasteiger partial charge on any atom is 0.319 e. The average molecular weight is 304 g/mol. The van der Waals surface area contributed by atoms with Gasteiger partial charge in [0.05, 0.1) is 5.69 Å². The number of halogens is 1. The van der Waals surface area contributed by atoms with Gasteiger partial charge in [-0.25, -0.2) is 9.18 Å². The summed E-state index contributed by atoms with van der Waals surface area (Å²) in [5.41, 5.74) is 0.329. The molecule has 0 radical (unpaired) electrons. The standard InChI is InChI=1S/C16H17FN2O3/c1-2-7-22-15-9-12(17)4-6-14(15)19-16(21)18-13-5-3-11(8-13)10-20/h1,3-6,9,11,13,20H,7-8,10H2,(H2,18,19,21)/t11-,13+/m0/s1. The number of nitrogens with one attached hydrogen (secondary N) is 2. The summed E-state index contributed by atoms with van der Waals surface area (Å²) >= 11 is 0. The molecular weight excluding hydrogens is 287 g/mol. The Morgan fingerprint density at radius 1 is 1.50 bits per heavy atom. The Labute approximate surface area is 128 Å². The molecule has 2 atom stereocenters. The minimum Gasteiger partial charge on any atom is -0.479 e. The van der Waals surface area contributed by atoms with Crippen molar-refractivity contribution in [1.82, 2.24) is 5.32 Å². The molecule has 0 heterocycles. The minimum absolute atomic E-state index is 0.0245. The summed E-state index contributed by atoms with van der Waals surface area (Å²) in [5, 5.41) is 14.4. The number of aliphatic hydroxyl groups excluding tert-OH is 1. The van der Waals surface area contributed by atoms with Crippen LogP contribution in [0.4, 0.5) is 14.9 Å². The molecule has 5 nitrogen and oxygen atoms in total. The highest BCUT2D eigenvalue weighted by molar-refractivity contribution is 5.91. The molecule has 1 aliphatic carbocycles. The Kier molecular flexibility index (Phi) is 5.39. The van der Waals surface area contributed by atoms with Gasteiger partial charge in [0.1, 0.15) is 18.2 Å². The van der Waals surface area contributed by atoms with Crippen molar-refractivity contribution < 1.29 is 19.0 Å². The largest absolute Gasteiger partial charge is 0.479 e. The summed E-state index contributed by atoms with van der Waals surface area (Å²) in [6, 6.07) is 3.19. The number of terminal acetylenes is 1. The predicted molar refractivity (Wildman–Crippen MR) is 81.0 cm³/mol. The molecule has 0 aliphatic heterocycles. The van der Waals surface area contributed by atoms with Gasteiger partial charge in [0, 0.05) is 24.6 Å². The number of carbonyl (C=O) groups is 1. The highest BCUT2D eigenvalue weighted by Gasteiger charge is 2.20. The van der Waals surface area contributed by atoms with Gasteiger partial charge in [0.15, 0.2) is 0 Å². The number of urea groups is 1. The van der Waals surface area contributed by atoms with Gasteiger partial charge in [0.25, 0.3) is 0 Å². The van der Waals surface area contributed by atoms with E-state index in [4.69, 9.17) is 16.3 Å². The average Bonchev–Trinajstić information content (AvgIpc) is 2.95. The van der Waals surface area contributed by atoms with E-state index in [0.717, 1.165) is 6.07 Å². The van der Waals surface area contributed by atoms with Crippen molar-refractivity contribution in [2.75, 3.05) is 18.5 Å². The number of carbonyl (C=O) groups excluding carboxylic acids is 1. The van der Waals surface area contributed by atoms with Gasteiger partial charge in [-0.05, 0) is 18.6 Å². The van der Waals surface area contributed by atoms with E-state index in [1.165, 1.54) is 12.1 Å². The van der Waals surface area contributed by atoms with Gasteiger partial charge >= 0.3 is 6.03 Å². The van der Waals surface area contributed by atoms with Gasteiger partial charge < -0.3 is 20.5 Å². The molecule has 22 heavy (non-hydrogen) atoms. The van der Waals surface area contributed by atoms with Crippen LogP contribution in [0.5, 0.6) is 5.75 Å². The minimum atomic E-state index is -0.484. The lowest BCUT2D eigenvalue weighted by Crippen LogP contribution is -2.36. The monoisotopic (exact) mass is 304 g/mol. The zero-order valence-corrected chi connectivity index (χ0v) is 11.9. The van der Waals surface area contributed by atoms with E-state index in [0.29, 0.717) is 12.1 Å². The van der Waals surface area contributed by atoms with Gasteiger partial charge in [-0.3, -0.25) is 0 Å². The Hall–Kier alpha value is -2.52. The fourth-order valence-electron chi connectivity index (χ4n) is 2.18. The maximum absolute atomic E-state index is 13.2. The number of anilines is 1. The van der Waals surface area contributed by atoms with Crippen molar-refractivity contribution in [2.24, 2.45) is 5.92 Å². The molecule has 2 amide bonds. The molecule has 0 spiro atoms. The molecule has 2 rings (SSSR count). The number of hydrogen-bond acceptors (Lipinski definition) is 3. The summed E-state index contributed by atoms with van der Waals surface area (Å²) < 4.78 is 18.4. The number of hydrogen-bond donors (Lipinski definition) is 3.